The number of rotatable bonds is 6. The van der Waals surface area contributed by atoms with E-state index < -0.39 is 37.9 Å². The van der Waals surface area contributed by atoms with Crippen molar-refractivity contribution in [2.24, 2.45) is 5.92 Å². The van der Waals surface area contributed by atoms with Gasteiger partial charge in [-0.2, -0.15) is 15.1 Å². The summed E-state index contributed by atoms with van der Waals surface area (Å²) in [6.07, 6.45) is 2.71. The van der Waals surface area contributed by atoms with Crippen molar-refractivity contribution in [3.8, 4) is 0 Å². The predicted molar refractivity (Wildman–Crippen MR) is 110 cm³/mol. The maximum atomic E-state index is 11.3. The lowest BCUT2D eigenvalue weighted by molar-refractivity contribution is -0.192. The smallest absolute Gasteiger partial charge is 0.348 e. The van der Waals surface area contributed by atoms with Gasteiger partial charge in [-0.05, 0) is 50.3 Å². The second-order valence-electron chi connectivity index (χ2n) is 8.48. The van der Waals surface area contributed by atoms with E-state index in [2.05, 4.69) is 20.4 Å². The van der Waals surface area contributed by atoms with Gasteiger partial charge in [0.15, 0.2) is 17.7 Å². The van der Waals surface area contributed by atoms with Gasteiger partial charge in [-0.25, -0.2) is 4.68 Å². The zero-order chi connectivity index (χ0) is 22.0. The number of hydrogen-bond acceptors (Lipinski definition) is 8. The molecule has 2 aromatic rings. The second-order valence-corrected chi connectivity index (χ2v) is 10.3. The number of hydrogen-bond donors (Lipinski definition) is 3. The first-order chi connectivity index (χ1) is 14.6. The van der Waals surface area contributed by atoms with Gasteiger partial charge in [0.1, 0.15) is 24.1 Å². The molecule has 2 saturated heterocycles. The molecule has 0 bridgehead atoms. The molecule has 0 aromatic carbocycles. The van der Waals surface area contributed by atoms with Gasteiger partial charge in [-0.1, -0.05) is 0 Å². The second kappa shape index (κ2) is 7.48. The van der Waals surface area contributed by atoms with Crippen LogP contribution in [0.4, 0.5) is 5.82 Å². The third kappa shape index (κ3) is 4.36. The van der Waals surface area contributed by atoms with Crippen molar-refractivity contribution in [2.45, 2.75) is 57.0 Å². The van der Waals surface area contributed by atoms with Gasteiger partial charge >= 0.3 is 7.60 Å². The van der Waals surface area contributed by atoms with Crippen LogP contribution in [0.3, 0.4) is 0 Å². The summed E-state index contributed by atoms with van der Waals surface area (Å²) in [5, 5.41) is 8.53. The van der Waals surface area contributed by atoms with Crippen LogP contribution in [0.25, 0.3) is 11.0 Å². The monoisotopic (exact) mass is 471 g/mol. The van der Waals surface area contributed by atoms with Crippen LogP contribution < -0.4 is 5.32 Å². The van der Waals surface area contributed by atoms with E-state index in [9.17, 15) is 14.4 Å². The Morgan fingerprint density at radius 3 is 2.77 bits per heavy atom. The quantitative estimate of drug-likeness (QED) is 0.424. The lowest BCUT2D eigenvalue weighted by Gasteiger charge is -2.23. The molecule has 1 saturated carbocycles. The number of fused-ring (bicyclic) bond motifs is 2. The minimum absolute atomic E-state index is 0.0731. The van der Waals surface area contributed by atoms with Gasteiger partial charge in [0.2, 0.25) is 5.28 Å². The van der Waals surface area contributed by atoms with Crippen LogP contribution in [-0.4, -0.2) is 60.2 Å². The van der Waals surface area contributed by atoms with Gasteiger partial charge < -0.3 is 29.3 Å². The van der Waals surface area contributed by atoms with Crippen LogP contribution in [-0.2, 0) is 18.8 Å². The summed E-state index contributed by atoms with van der Waals surface area (Å²) in [5.41, 5.74) is 0.468. The molecule has 11 nitrogen and oxygen atoms in total. The summed E-state index contributed by atoms with van der Waals surface area (Å²) in [5.74, 6) is 1.17. The average molecular weight is 472 g/mol. The molecule has 4 atom stereocenters. The van der Waals surface area contributed by atoms with E-state index in [1.165, 1.54) is 18.9 Å². The van der Waals surface area contributed by atoms with Gasteiger partial charge in [-0.3, -0.25) is 4.57 Å². The average Bonchev–Trinajstić information content (AvgIpc) is 3.20. The van der Waals surface area contributed by atoms with Crippen LogP contribution >= 0.6 is 19.2 Å². The molecule has 0 amide bonds. The van der Waals surface area contributed by atoms with E-state index in [0.29, 0.717) is 22.8 Å². The Labute approximate surface area is 182 Å². The van der Waals surface area contributed by atoms with E-state index in [-0.39, 0.29) is 5.28 Å². The molecule has 4 heterocycles. The summed E-state index contributed by atoms with van der Waals surface area (Å²) >= 11 is 6.18. The highest BCUT2D eigenvalue weighted by Gasteiger charge is 2.56. The normalized spacial score (nSPS) is 30.4. The molecule has 2 aromatic heterocycles. The van der Waals surface area contributed by atoms with Crippen LogP contribution in [0.5, 0.6) is 0 Å². The maximum Gasteiger partial charge on any atom is 0.348 e. The molecule has 0 unspecified atom stereocenters. The molecule has 5 rings (SSSR count). The molecule has 0 spiro atoms. The highest BCUT2D eigenvalue weighted by molar-refractivity contribution is 7.55. The van der Waals surface area contributed by atoms with E-state index in [1.807, 2.05) is 0 Å². The van der Waals surface area contributed by atoms with Crippen LogP contribution in [0, 0.1) is 5.92 Å². The Bertz CT molecular complexity index is 1080. The fourth-order valence-electron chi connectivity index (χ4n) is 3.94. The molecule has 13 heteroatoms. The number of nitrogens with one attached hydrogen (secondary N) is 1. The molecule has 3 N–H and O–H groups in total. The van der Waals surface area contributed by atoms with Gasteiger partial charge in [0, 0.05) is 12.4 Å². The van der Waals surface area contributed by atoms with Crippen molar-refractivity contribution in [2.75, 3.05) is 11.9 Å². The fraction of sp³-hybridized carbons (Fsp3) is 0.611. The van der Waals surface area contributed by atoms with Crippen LogP contribution in [0.1, 0.15) is 32.9 Å². The Morgan fingerprint density at radius 1 is 1.32 bits per heavy atom. The zero-order valence-electron chi connectivity index (χ0n) is 16.9. The summed E-state index contributed by atoms with van der Waals surface area (Å²) in [7, 11) is -4.36. The van der Waals surface area contributed by atoms with Crippen molar-refractivity contribution >= 4 is 36.0 Å². The van der Waals surface area contributed by atoms with Crippen LogP contribution in [0.2, 0.25) is 5.28 Å². The van der Waals surface area contributed by atoms with Crippen molar-refractivity contribution in [3.63, 3.8) is 0 Å². The van der Waals surface area contributed by atoms with Crippen molar-refractivity contribution in [3.05, 3.63) is 23.4 Å². The summed E-state index contributed by atoms with van der Waals surface area (Å²) in [6.45, 7) is 4.34. The number of anilines is 1. The summed E-state index contributed by atoms with van der Waals surface area (Å²) in [4.78, 5) is 27.1. The first kappa shape index (κ1) is 21.3. The summed E-state index contributed by atoms with van der Waals surface area (Å²) < 4.78 is 30.9. The van der Waals surface area contributed by atoms with Crippen LogP contribution in [0.15, 0.2) is 18.1 Å². The predicted octanol–water partition coefficient (Wildman–Crippen LogP) is 2.41. The maximum absolute atomic E-state index is 11.3. The van der Waals surface area contributed by atoms with Gasteiger partial charge in [-0.15, -0.1) is 0 Å². The molecule has 31 heavy (non-hydrogen) atoms. The topological polar surface area (TPSA) is 141 Å². The lowest BCUT2D eigenvalue weighted by atomic mass is 10.1. The first-order valence-electron chi connectivity index (χ1n) is 10.00. The first-order valence-corrected chi connectivity index (χ1v) is 12.1. The highest BCUT2D eigenvalue weighted by atomic mass is 35.5. The number of aromatic nitrogens is 4. The molecular weight excluding hydrogens is 449 g/mol. The number of halogens is 1. The van der Waals surface area contributed by atoms with Gasteiger partial charge in [0.05, 0.1) is 11.6 Å². The number of ether oxygens (including phenoxy) is 3. The molecule has 3 aliphatic rings. The molecule has 2 aliphatic heterocycles. The Hall–Kier alpha value is -1.59. The molecular formula is C18H23ClN5O6P. The molecule has 1 aliphatic carbocycles. The van der Waals surface area contributed by atoms with Gasteiger partial charge in [0.25, 0.3) is 0 Å². The van der Waals surface area contributed by atoms with Crippen molar-refractivity contribution in [1.82, 2.24) is 19.7 Å². The van der Waals surface area contributed by atoms with E-state index in [0.717, 1.165) is 12.4 Å². The standard InChI is InChI=1S/C18H23ClN5O6P/c1-18(2)29-12-11(5-6-31(25,26)27)28-16(13(12)30-18)24-15-10(8-21-24)14(22-17(19)23-15)20-7-9-3-4-9/h5-6,8-9,11-13,16H,3-4,7H2,1-2H3,(H,20,22,23)(H2,25,26,27)/t11-,12-,13-,16-/m1/s1. The Balaban J connectivity index is 1.49. The third-order valence-electron chi connectivity index (χ3n) is 5.46. The Kier molecular flexibility index (Phi) is 5.13. The molecule has 0 radical (unpaired) electrons. The Morgan fingerprint density at radius 2 is 2.06 bits per heavy atom. The van der Waals surface area contributed by atoms with E-state index in [4.69, 9.17) is 25.8 Å². The fourth-order valence-corrected chi connectivity index (χ4v) is 4.50. The lowest BCUT2D eigenvalue weighted by Crippen LogP contribution is -2.28. The van der Waals surface area contributed by atoms with E-state index in [1.54, 1.807) is 24.7 Å². The van der Waals surface area contributed by atoms with E-state index >= 15 is 0 Å². The third-order valence-corrected chi connectivity index (χ3v) is 6.19. The minimum Gasteiger partial charge on any atom is -0.369 e. The van der Waals surface area contributed by atoms with Crippen molar-refractivity contribution in [1.29, 1.82) is 0 Å². The minimum atomic E-state index is -4.36. The largest absolute Gasteiger partial charge is 0.369 e. The molecule has 168 valence electrons. The SMILES string of the molecule is CC1(C)O[C@@H]2[C@H](O1)[C@@H](C=CP(=O)(O)O)O[C@H]2n1ncc2c(NCC3CC3)nc(Cl)nc21. The zero-order valence-corrected chi connectivity index (χ0v) is 18.5. The number of nitrogens with zero attached hydrogens (tertiary/aromatic N) is 4. The van der Waals surface area contributed by atoms with Crippen molar-refractivity contribution < 1.29 is 28.6 Å². The molecule has 3 fully saturated rings. The highest BCUT2D eigenvalue weighted by Crippen LogP contribution is 2.45. The summed E-state index contributed by atoms with van der Waals surface area (Å²) in [6, 6.07) is 0.